The van der Waals surface area contributed by atoms with Crippen LogP contribution in [0.5, 0.6) is 0 Å². The molecule has 0 aromatic heterocycles. The van der Waals surface area contributed by atoms with E-state index in [1.165, 1.54) is 25.7 Å². The van der Waals surface area contributed by atoms with Crippen LogP contribution in [0.3, 0.4) is 0 Å². The second-order valence-corrected chi connectivity index (χ2v) is 5.23. The van der Waals surface area contributed by atoms with E-state index in [9.17, 15) is 9.90 Å². The summed E-state index contributed by atoms with van der Waals surface area (Å²) < 4.78 is 0. The normalized spacial score (nSPS) is 12.1. The largest absolute Gasteiger partial charge is 0.394 e. The lowest BCUT2D eigenvalue weighted by atomic mass is 10.1. The number of rotatable bonds is 10. The minimum Gasteiger partial charge on any atom is -0.394 e. The van der Waals surface area contributed by atoms with Gasteiger partial charge in [-0.3, -0.25) is 4.79 Å². The van der Waals surface area contributed by atoms with Crippen molar-refractivity contribution in [2.24, 2.45) is 0 Å². The Labute approximate surface area is 122 Å². The fourth-order valence-corrected chi connectivity index (χ4v) is 2.25. The quantitative estimate of drug-likeness (QED) is 0.642. The molecule has 0 bridgehead atoms. The van der Waals surface area contributed by atoms with Crippen molar-refractivity contribution in [1.29, 1.82) is 0 Å². The number of aliphatic hydroxyl groups is 1. The zero-order chi connectivity index (χ0) is 14.6. The van der Waals surface area contributed by atoms with Crippen molar-refractivity contribution in [1.82, 2.24) is 5.32 Å². The third kappa shape index (κ3) is 6.71. The maximum Gasteiger partial charge on any atom is 0.220 e. The van der Waals surface area contributed by atoms with Gasteiger partial charge in [0.15, 0.2) is 0 Å². The van der Waals surface area contributed by atoms with Crippen LogP contribution in [-0.2, 0) is 4.79 Å². The van der Waals surface area contributed by atoms with Crippen LogP contribution in [0.4, 0.5) is 0 Å². The molecule has 0 heterocycles. The van der Waals surface area contributed by atoms with E-state index in [-0.39, 0.29) is 18.6 Å². The van der Waals surface area contributed by atoms with Crippen LogP contribution in [0.25, 0.3) is 0 Å². The number of nitrogens with one attached hydrogen (secondary N) is 1. The minimum absolute atomic E-state index is 0.0309. The Balaban J connectivity index is 2.23. The number of carbonyl (C=O) groups excluding carboxylic acids is 1. The van der Waals surface area contributed by atoms with Crippen molar-refractivity contribution in [2.45, 2.75) is 57.9 Å². The molecule has 0 spiro atoms. The van der Waals surface area contributed by atoms with Crippen LogP contribution >= 0.6 is 0 Å². The molecule has 1 aromatic carbocycles. The summed E-state index contributed by atoms with van der Waals surface area (Å²) in [7, 11) is 0. The number of carbonyl (C=O) groups is 1. The van der Waals surface area contributed by atoms with Crippen molar-refractivity contribution in [3.63, 3.8) is 0 Å². The molecular weight excluding hydrogens is 250 g/mol. The van der Waals surface area contributed by atoms with Crippen molar-refractivity contribution >= 4 is 5.91 Å². The predicted octanol–water partition coefficient (Wildman–Crippen LogP) is 3.59. The molecule has 1 rings (SSSR count). The predicted molar refractivity (Wildman–Crippen MR) is 82.4 cm³/mol. The van der Waals surface area contributed by atoms with Crippen LogP contribution in [0.2, 0.25) is 0 Å². The Morgan fingerprint density at radius 1 is 1.10 bits per heavy atom. The molecule has 20 heavy (non-hydrogen) atoms. The van der Waals surface area contributed by atoms with Gasteiger partial charge in [0, 0.05) is 6.42 Å². The molecule has 1 atom stereocenters. The molecule has 3 heteroatoms. The van der Waals surface area contributed by atoms with E-state index in [4.69, 9.17) is 0 Å². The van der Waals surface area contributed by atoms with Crippen LogP contribution in [0.1, 0.15) is 63.5 Å². The smallest absolute Gasteiger partial charge is 0.220 e. The number of aliphatic hydroxyl groups excluding tert-OH is 1. The number of amides is 1. The van der Waals surface area contributed by atoms with E-state index in [0.29, 0.717) is 6.42 Å². The van der Waals surface area contributed by atoms with Crippen molar-refractivity contribution in [3.05, 3.63) is 35.9 Å². The summed E-state index contributed by atoms with van der Waals surface area (Å²) in [6, 6.07) is 9.31. The van der Waals surface area contributed by atoms with E-state index in [0.717, 1.165) is 18.4 Å². The molecule has 1 amide bonds. The van der Waals surface area contributed by atoms with Gasteiger partial charge in [0.25, 0.3) is 0 Å². The van der Waals surface area contributed by atoms with Gasteiger partial charge in [-0.25, -0.2) is 0 Å². The average molecular weight is 277 g/mol. The fourth-order valence-electron chi connectivity index (χ4n) is 2.25. The van der Waals surface area contributed by atoms with Gasteiger partial charge < -0.3 is 10.4 Å². The first-order valence-electron chi connectivity index (χ1n) is 7.73. The topological polar surface area (TPSA) is 49.3 Å². The van der Waals surface area contributed by atoms with Gasteiger partial charge in [-0.1, -0.05) is 69.4 Å². The summed E-state index contributed by atoms with van der Waals surface area (Å²) in [5, 5.41) is 12.3. The number of unbranched alkanes of at least 4 members (excludes halogenated alkanes) is 5. The molecule has 2 N–H and O–H groups in total. The Morgan fingerprint density at radius 3 is 2.40 bits per heavy atom. The summed E-state index contributed by atoms with van der Waals surface area (Å²) in [5.74, 6) is 0.0309. The summed E-state index contributed by atoms with van der Waals surface area (Å²) in [6.45, 7) is 2.14. The lowest BCUT2D eigenvalue weighted by Crippen LogP contribution is -2.30. The minimum atomic E-state index is -0.288. The monoisotopic (exact) mass is 277 g/mol. The molecule has 0 saturated carbocycles. The molecule has 3 nitrogen and oxygen atoms in total. The highest BCUT2D eigenvalue weighted by Crippen LogP contribution is 2.12. The van der Waals surface area contributed by atoms with Gasteiger partial charge in [-0.2, -0.15) is 0 Å². The van der Waals surface area contributed by atoms with Gasteiger partial charge in [-0.05, 0) is 12.0 Å². The highest BCUT2D eigenvalue weighted by Gasteiger charge is 2.12. The zero-order valence-corrected chi connectivity index (χ0v) is 12.5. The Morgan fingerprint density at radius 2 is 1.75 bits per heavy atom. The fraction of sp³-hybridized carbons (Fsp3) is 0.588. The van der Waals surface area contributed by atoms with Crippen molar-refractivity contribution in [2.75, 3.05) is 6.61 Å². The van der Waals surface area contributed by atoms with Gasteiger partial charge in [0.05, 0.1) is 12.6 Å². The molecule has 0 saturated heterocycles. The number of hydrogen-bond acceptors (Lipinski definition) is 2. The summed E-state index contributed by atoms with van der Waals surface area (Å²) >= 11 is 0. The first-order valence-corrected chi connectivity index (χ1v) is 7.73. The molecule has 0 aliphatic heterocycles. The molecule has 0 unspecified atom stereocenters. The van der Waals surface area contributed by atoms with Crippen LogP contribution in [0, 0.1) is 0 Å². The Bertz CT molecular complexity index is 365. The maximum atomic E-state index is 11.9. The molecule has 0 fully saturated rings. The highest BCUT2D eigenvalue weighted by atomic mass is 16.3. The highest BCUT2D eigenvalue weighted by molar-refractivity contribution is 5.76. The molecule has 0 aliphatic carbocycles. The number of hydrogen-bond donors (Lipinski definition) is 2. The second kappa shape index (κ2) is 10.4. The molecule has 0 radical (unpaired) electrons. The van der Waals surface area contributed by atoms with Crippen molar-refractivity contribution in [3.8, 4) is 0 Å². The lowest BCUT2D eigenvalue weighted by molar-refractivity contribution is -0.122. The molecule has 0 aliphatic rings. The van der Waals surface area contributed by atoms with Crippen molar-refractivity contribution < 1.29 is 9.90 Å². The Kier molecular flexibility index (Phi) is 8.72. The van der Waals surface area contributed by atoms with E-state index >= 15 is 0 Å². The van der Waals surface area contributed by atoms with Gasteiger partial charge in [0.1, 0.15) is 0 Å². The molecule has 1 aromatic rings. The first kappa shape index (κ1) is 16.7. The second-order valence-electron chi connectivity index (χ2n) is 5.23. The summed E-state index contributed by atoms with van der Waals surface area (Å²) in [6.07, 6.45) is 7.60. The van der Waals surface area contributed by atoms with E-state index < -0.39 is 0 Å². The third-order valence-corrected chi connectivity index (χ3v) is 3.48. The SMILES string of the molecule is CCCCCCCCC(=O)N[C@@H](CO)c1ccccc1. The first-order chi connectivity index (χ1) is 9.77. The standard InChI is InChI=1S/C17H27NO2/c1-2-3-4-5-6-10-13-17(20)18-16(14-19)15-11-8-7-9-12-15/h7-9,11-12,16,19H,2-6,10,13-14H2,1H3,(H,18,20)/t16-/m0/s1. The maximum absolute atomic E-state index is 11.9. The average Bonchev–Trinajstić information content (AvgIpc) is 2.49. The lowest BCUT2D eigenvalue weighted by Gasteiger charge is -2.16. The van der Waals surface area contributed by atoms with Crippen LogP contribution in [-0.4, -0.2) is 17.6 Å². The van der Waals surface area contributed by atoms with Gasteiger partial charge >= 0.3 is 0 Å². The van der Waals surface area contributed by atoms with Gasteiger partial charge in [0.2, 0.25) is 5.91 Å². The zero-order valence-electron chi connectivity index (χ0n) is 12.5. The summed E-state index contributed by atoms with van der Waals surface area (Å²) in [4.78, 5) is 11.9. The third-order valence-electron chi connectivity index (χ3n) is 3.48. The van der Waals surface area contributed by atoms with E-state index in [2.05, 4.69) is 12.2 Å². The van der Waals surface area contributed by atoms with Gasteiger partial charge in [-0.15, -0.1) is 0 Å². The Hall–Kier alpha value is -1.35. The van der Waals surface area contributed by atoms with Crippen LogP contribution in [0.15, 0.2) is 30.3 Å². The number of benzene rings is 1. The summed E-state index contributed by atoms with van der Waals surface area (Å²) in [5.41, 5.74) is 0.950. The van der Waals surface area contributed by atoms with E-state index in [1.54, 1.807) is 0 Å². The van der Waals surface area contributed by atoms with Crippen LogP contribution < -0.4 is 5.32 Å². The molecule has 112 valence electrons. The van der Waals surface area contributed by atoms with E-state index in [1.807, 2.05) is 30.3 Å². The molecular formula is C17H27NO2.